The van der Waals surface area contributed by atoms with Gasteiger partial charge in [-0.25, -0.2) is 4.39 Å². The average Bonchev–Trinajstić information content (AvgIpc) is 3.02. The summed E-state index contributed by atoms with van der Waals surface area (Å²) >= 11 is 0.904. The quantitative estimate of drug-likeness (QED) is 0.485. The molecular weight excluding hydrogens is 401 g/mol. The highest BCUT2D eigenvalue weighted by Gasteiger charge is 2.35. The van der Waals surface area contributed by atoms with Crippen molar-refractivity contribution in [1.82, 2.24) is 4.90 Å². The third-order valence-corrected chi connectivity index (χ3v) is 5.51. The number of carbonyl (C=O) groups excluding carboxylic acids is 2. The number of halogens is 1. The van der Waals surface area contributed by atoms with E-state index in [0.29, 0.717) is 21.8 Å². The van der Waals surface area contributed by atoms with Gasteiger partial charge in [0.1, 0.15) is 18.2 Å². The van der Waals surface area contributed by atoms with E-state index in [1.54, 1.807) is 42.5 Å². The number of amides is 2. The van der Waals surface area contributed by atoms with Crippen LogP contribution in [0.1, 0.15) is 16.7 Å². The molecule has 150 valence electrons. The first-order chi connectivity index (χ1) is 14.6. The van der Waals surface area contributed by atoms with Gasteiger partial charge in [-0.3, -0.25) is 14.5 Å². The molecule has 4 rings (SSSR count). The number of thioether (sulfide) groups is 1. The summed E-state index contributed by atoms with van der Waals surface area (Å²) in [6, 6.07) is 22.9. The number of hydrogen-bond donors (Lipinski definition) is 0. The Hall–Kier alpha value is -3.38. The van der Waals surface area contributed by atoms with Crippen molar-refractivity contribution in [2.45, 2.75) is 13.2 Å². The van der Waals surface area contributed by atoms with Crippen molar-refractivity contribution in [3.63, 3.8) is 0 Å². The molecule has 1 fully saturated rings. The monoisotopic (exact) mass is 419 g/mol. The standard InChI is InChI=1S/C24H18FNO3S/c25-20-12-6-4-11-19(20)16-29-21-13-7-5-10-18(21)14-22-23(27)26(24(28)30-22)15-17-8-2-1-3-9-17/h1-14H,15-16H2. The van der Waals surface area contributed by atoms with Crippen LogP contribution in [0, 0.1) is 5.82 Å². The van der Waals surface area contributed by atoms with Crippen molar-refractivity contribution in [2.75, 3.05) is 0 Å². The number of rotatable bonds is 6. The second kappa shape index (κ2) is 8.97. The predicted molar refractivity (Wildman–Crippen MR) is 115 cm³/mol. The molecule has 30 heavy (non-hydrogen) atoms. The SMILES string of the molecule is O=C1SC(=Cc2ccccc2OCc2ccccc2F)C(=O)N1Cc1ccccc1. The maximum absolute atomic E-state index is 13.9. The van der Waals surface area contributed by atoms with Crippen molar-refractivity contribution < 1.29 is 18.7 Å². The molecule has 0 unspecified atom stereocenters. The fourth-order valence-corrected chi connectivity index (χ4v) is 3.87. The largest absolute Gasteiger partial charge is 0.488 e. The van der Waals surface area contributed by atoms with E-state index in [-0.39, 0.29) is 30.1 Å². The second-order valence-electron chi connectivity index (χ2n) is 6.67. The Morgan fingerprint density at radius 2 is 1.60 bits per heavy atom. The fourth-order valence-electron chi connectivity index (χ4n) is 3.05. The number of hydrogen-bond acceptors (Lipinski definition) is 4. The zero-order chi connectivity index (χ0) is 20.9. The minimum atomic E-state index is -0.336. The molecule has 0 radical (unpaired) electrons. The minimum absolute atomic E-state index is 0.0625. The molecular formula is C24H18FNO3S. The Kier molecular flexibility index (Phi) is 5.95. The summed E-state index contributed by atoms with van der Waals surface area (Å²) in [7, 11) is 0. The number of imide groups is 1. The average molecular weight is 419 g/mol. The number of para-hydroxylation sites is 1. The van der Waals surface area contributed by atoms with Gasteiger partial charge in [-0.2, -0.15) is 0 Å². The molecule has 1 aliphatic rings. The Morgan fingerprint density at radius 1 is 0.900 bits per heavy atom. The highest BCUT2D eigenvalue weighted by Crippen LogP contribution is 2.35. The molecule has 3 aromatic carbocycles. The first-order valence-corrected chi connectivity index (χ1v) is 10.2. The summed E-state index contributed by atoms with van der Waals surface area (Å²) < 4.78 is 19.6. The highest BCUT2D eigenvalue weighted by atomic mass is 32.2. The van der Waals surface area contributed by atoms with E-state index >= 15 is 0 Å². The number of carbonyl (C=O) groups is 2. The molecule has 6 heteroatoms. The maximum atomic E-state index is 13.9. The molecule has 0 saturated carbocycles. The van der Waals surface area contributed by atoms with Gasteiger partial charge in [-0.05, 0) is 35.5 Å². The first kappa shape index (κ1) is 19.9. The lowest BCUT2D eigenvalue weighted by molar-refractivity contribution is -0.123. The van der Waals surface area contributed by atoms with Crippen molar-refractivity contribution in [2.24, 2.45) is 0 Å². The molecule has 0 N–H and O–H groups in total. The topological polar surface area (TPSA) is 46.6 Å². The van der Waals surface area contributed by atoms with E-state index in [2.05, 4.69) is 0 Å². The molecule has 0 aliphatic carbocycles. The van der Waals surface area contributed by atoms with Crippen LogP contribution >= 0.6 is 11.8 Å². The summed E-state index contributed by atoms with van der Waals surface area (Å²) in [4.78, 5) is 26.7. The number of benzene rings is 3. The fraction of sp³-hybridized carbons (Fsp3) is 0.0833. The molecule has 1 heterocycles. The normalized spacial score (nSPS) is 15.1. The molecule has 3 aromatic rings. The molecule has 1 aliphatic heterocycles. The van der Waals surface area contributed by atoms with Crippen LogP contribution in [0.3, 0.4) is 0 Å². The van der Waals surface area contributed by atoms with Crippen molar-refractivity contribution in [3.05, 3.63) is 106 Å². The zero-order valence-corrected chi connectivity index (χ0v) is 16.8. The lowest BCUT2D eigenvalue weighted by Gasteiger charge is -2.12. The van der Waals surface area contributed by atoms with Crippen LogP contribution < -0.4 is 4.74 Å². The van der Waals surface area contributed by atoms with Crippen LogP contribution in [0.4, 0.5) is 9.18 Å². The molecule has 0 atom stereocenters. The Bertz CT molecular complexity index is 1110. The molecule has 2 amide bonds. The highest BCUT2D eigenvalue weighted by molar-refractivity contribution is 8.18. The van der Waals surface area contributed by atoms with Crippen LogP contribution in [0.5, 0.6) is 5.75 Å². The van der Waals surface area contributed by atoms with Crippen LogP contribution in [0.2, 0.25) is 0 Å². The third kappa shape index (κ3) is 4.44. The van der Waals surface area contributed by atoms with E-state index in [4.69, 9.17) is 4.74 Å². The van der Waals surface area contributed by atoms with Gasteiger partial charge in [0.05, 0.1) is 11.4 Å². The number of ether oxygens (including phenoxy) is 1. The summed E-state index contributed by atoms with van der Waals surface area (Å²) in [6.45, 7) is 0.293. The van der Waals surface area contributed by atoms with Crippen LogP contribution in [0.25, 0.3) is 6.08 Å². The van der Waals surface area contributed by atoms with Gasteiger partial charge < -0.3 is 4.74 Å². The van der Waals surface area contributed by atoms with Crippen LogP contribution in [-0.4, -0.2) is 16.0 Å². The van der Waals surface area contributed by atoms with Gasteiger partial charge >= 0.3 is 0 Å². The third-order valence-electron chi connectivity index (χ3n) is 4.60. The van der Waals surface area contributed by atoms with Crippen molar-refractivity contribution >= 4 is 29.0 Å². The molecule has 0 bridgehead atoms. The van der Waals surface area contributed by atoms with E-state index in [0.717, 1.165) is 17.3 Å². The van der Waals surface area contributed by atoms with E-state index in [1.165, 1.54) is 11.0 Å². The zero-order valence-electron chi connectivity index (χ0n) is 16.0. The molecule has 0 spiro atoms. The summed E-state index contributed by atoms with van der Waals surface area (Å²) in [6.07, 6.45) is 1.65. The van der Waals surface area contributed by atoms with Crippen molar-refractivity contribution in [1.29, 1.82) is 0 Å². The van der Waals surface area contributed by atoms with E-state index in [1.807, 2.05) is 36.4 Å². The minimum Gasteiger partial charge on any atom is -0.488 e. The number of nitrogens with zero attached hydrogens (tertiary/aromatic N) is 1. The van der Waals surface area contributed by atoms with Crippen molar-refractivity contribution in [3.8, 4) is 5.75 Å². The summed E-state index contributed by atoms with van der Waals surface area (Å²) in [5.74, 6) is -0.162. The molecule has 0 aromatic heterocycles. The Morgan fingerprint density at radius 3 is 2.40 bits per heavy atom. The second-order valence-corrected chi connectivity index (χ2v) is 7.66. The Labute approximate surface area is 178 Å². The van der Waals surface area contributed by atoms with E-state index < -0.39 is 0 Å². The molecule has 4 nitrogen and oxygen atoms in total. The maximum Gasteiger partial charge on any atom is 0.293 e. The predicted octanol–water partition coefficient (Wildman–Crippen LogP) is 5.64. The van der Waals surface area contributed by atoms with E-state index in [9.17, 15) is 14.0 Å². The van der Waals surface area contributed by atoms with Crippen LogP contribution in [0.15, 0.2) is 83.8 Å². The van der Waals surface area contributed by atoms with Gasteiger partial charge in [0, 0.05) is 11.1 Å². The summed E-state index contributed by atoms with van der Waals surface area (Å²) in [5, 5.41) is -0.306. The van der Waals surface area contributed by atoms with Gasteiger partial charge in [0.2, 0.25) is 0 Å². The lowest BCUT2D eigenvalue weighted by atomic mass is 10.1. The lowest BCUT2D eigenvalue weighted by Crippen LogP contribution is -2.27. The van der Waals surface area contributed by atoms with Gasteiger partial charge in [0.25, 0.3) is 11.1 Å². The Balaban J connectivity index is 1.53. The summed E-state index contributed by atoms with van der Waals surface area (Å²) in [5.41, 5.74) is 1.98. The first-order valence-electron chi connectivity index (χ1n) is 9.36. The van der Waals surface area contributed by atoms with Crippen LogP contribution in [-0.2, 0) is 17.9 Å². The smallest absolute Gasteiger partial charge is 0.293 e. The van der Waals surface area contributed by atoms with Gasteiger partial charge in [0.15, 0.2) is 0 Å². The molecule has 1 saturated heterocycles. The van der Waals surface area contributed by atoms with Gasteiger partial charge in [-0.15, -0.1) is 0 Å². The van der Waals surface area contributed by atoms with Gasteiger partial charge in [-0.1, -0.05) is 66.7 Å².